The van der Waals surface area contributed by atoms with E-state index >= 15 is 0 Å². The first-order valence-corrected chi connectivity index (χ1v) is 10.5. The summed E-state index contributed by atoms with van der Waals surface area (Å²) in [6.45, 7) is 1.31. The highest BCUT2D eigenvalue weighted by atomic mass is 32.2. The summed E-state index contributed by atoms with van der Waals surface area (Å²) < 4.78 is 27.0. The Bertz CT molecular complexity index is 1010. The number of amides is 1. The molecule has 3 rings (SSSR count). The van der Waals surface area contributed by atoms with E-state index in [2.05, 4.69) is 4.98 Å². The highest BCUT2D eigenvalue weighted by Gasteiger charge is 2.27. The zero-order chi connectivity index (χ0) is 18.2. The average molecular weight is 398 g/mol. The number of hydrogen-bond acceptors (Lipinski definition) is 8. The Morgan fingerprint density at radius 3 is 2.72 bits per heavy atom. The molecule has 4 N–H and O–H groups in total. The van der Waals surface area contributed by atoms with Crippen LogP contribution in [0.5, 0.6) is 0 Å². The number of aliphatic hydroxyl groups is 1. The summed E-state index contributed by atoms with van der Waals surface area (Å²) in [5.74, 6) is -0.979. The van der Waals surface area contributed by atoms with Crippen molar-refractivity contribution in [2.24, 2.45) is 5.73 Å². The molecule has 1 amide bonds. The first kappa shape index (κ1) is 18.0. The molecule has 25 heavy (non-hydrogen) atoms. The number of sulfonamides is 1. The molecule has 132 valence electrons. The SMILES string of the molecule is C[C@@H](O)[C@H](N)C(=O)NS(=O)(=O)c1nc2cc(-c3ccsc3)ccc2s1. The molecule has 0 aliphatic carbocycles. The summed E-state index contributed by atoms with van der Waals surface area (Å²) in [7, 11) is -4.15. The second-order valence-electron chi connectivity index (χ2n) is 5.41. The number of aliphatic hydroxyl groups excluding tert-OH is 1. The van der Waals surface area contributed by atoms with Crippen LogP contribution < -0.4 is 10.5 Å². The molecular weight excluding hydrogens is 382 g/mol. The average Bonchev–Trinajstić information content (AvgIpc) is 3.22. The molecule has 0 radical (unpaired) electrons. The van der Waals surface area contributed by atoms with Gasteiger partial charge >= 0.3 is 0 Å². The van der Waals surface area contributed by atoms with E-state index in [4.69, 9.17) is 5.73 Å². The van der Waals surface area contributed by atoms with E-state index in [1.807, 2.05) is 27.6 Å². The molecule has 2 heterocycles. The van der Waals surface area contributed by atoms with E-state index in [0.29, 0.717) is 10.2 Å². The molecule has 2 aromatic heterocycles. The Morgan fingerprint density at radius 1 is 1.32 bits per heavy atom. The fraction of sp³-hybridized carbons (Fsp3) is 0.200. The standard InChI is InChI=1S/C15H15N3O4S3/c1-8(19)13(16)14(20)18-25(21,22)15-17-11-6-9(2-3-12(11)24-15)10-4-5-23-7-10/h2-8,13,19H,16H2,1H3,(H,18,20)/t8-,13+/m1/s1. The van der Waals surface area contributed by atoms with Crippen LogP contribution in [-0.4, -0.2) is 36.6 Å². The van der Waals surface area contributed by atoms with Crippen molar-refractivity contribution in [1.29, 1.82) is 0 Å². The smallest absolute Gasteiger partial charge is 0.291 e. The predicted molar refractivity (Wildman–Crippen MR) is 97.9 cm³/mol. The third-order valence-corrected chi connectivity index (χ3v) is 6.95. The molecule has 0 bridgehead atoms. The number of nitrogens with zero attached hydrogens (tertiary/aromatic N) is 1. The van der Waals surface area contributed by atoms with Crippen molar-refractivity contribution in [2.75, 3.05) is 0 Å². The van der Waals surface area contributed by atoms with Crippen LogP contribution in [0.25, 0.3) is 21.3 Å². The largest absolute Gasteiger partial charge is 0.391 e. The lowest BCUT2D eigenvalue weighted by Gasteiger charge is -2.13. The monoisotopic (exact) mass is 397 g/mol. The molecule has 3 aromatic rings. The van der Waals surface area contributed by atoms with Crippen LogP contribution in [0.1, 0.15) is 6.92 Å². The van der Waals surface area contributed by atoms with Gasteiger partial charge < -0.3 is 10.8 Å². The van der Waals surface area contributed by atoms with Gasteiger partial charge in [0, 0.05) is 0 Å². The van der Waals surface area contributed by atoms with Crippen molar-refractivity contribution in [3.8, 4) is 11.1 Å². The van der Waals surface area contributed by atoms with Gasteiger partial charge in [-0.05, 0) is 47.0 Å². The summed E-state index contributed by atoms with van der Waals surface area (Å²) in [6, 6.07) is 6.11. The van der Waals surface area contributed by atoms with Crippen molar-refractivity contribution in [3.63, 3.8) is 0 Å². The lowest BCUT2D eigenvalue weighted by molar-refractivity contribution is -0.122. The molecule has 0 saturated heterocycles. The molecular formula is C15H15N3O4S3. The van der Waals surface area contributed by atoms with Gasteiger partial charge in [0.25, 0.3) is 15.9 Å². The molecule has 7 nitrogen and oxygen atoms in total. The maximum atomic E-state index is 12.3. The zero-order valence-corrected chi connectivity index (χ0v) is 15.5. The van der Waals surface area contributed by atoms with Gasteiger partial charge in [-0.25, -0.2) is 9.71 Å². The number of benzene rings is 1. The predicted octanol–water partition coefficient (Wildman–Crippen LogP) is 1.54. The quantitative estimate of drug-likeness (QED) is 0.600. The number of carbonyl (C=O) groups is 1. The number of nitrogens with two attached hydrogens (primary N) is 1. The lowest BCUT2D eigenvalue weighted by Crippen LogP contribution is -2.48. The fourth-order valence-corrected chi connectivity index (χ4v) is 4.98. The minimum absolute atomic E-state index is 0.226. The van der Waals surface area contributed by atoms with E-state index in [9.17, 15) is 18.3 Å². The van der Waals surface area contributed by atoms with E-state index < -0.39 is 28.1 Å². The van der Waals surface area contributed by atoms with Gasteiger partial charge in [0.05, 0.1) is 16.3 Å². The van der Waals surface area contributed by atoms with Crippen LogP contribution in [-0.2, 0) is 14.8 Å². The van der Waals surface area contributed by atoms with Crippen LogP contribution in [0.3, 0.4) is 0 Å². The van der Waals surface area contributed by atoms with Gasteiger partial charge in [0.1, 0.15) is 6.04 Å². The van der Waals surface area contributed by atoms with Crippen LogP contribution in [0.15, 0.2) is 39.4 Å². The van der Waals surface area contributed by atoms with Gasteiger partial charge in [-0.15, -0.1) is 11.3 Å². The van der Waals surface area contributed by atoms with Crippen molar-refractivity contribution in [1.82, 2.24) is 9.71 Å². The Kier molecular flexibility index (Phi) is 4.89. The highest BCUT2D eigenvalue weighted by molar-refractivity contribution is 7.92. The molecule has 0 aliphatic rings. The molecule has 0 spiro atoms. The molecule has 10 heteroatoms. The molecule has 1 aromatic carbocycles. The summed E-state index contributed by atoms with van der Waals surface area (Å²) in [5, 5.41) is 13.2. The third kappa shape index (κ3) is 3.72. The fourth-order valence-electron chi connectivity index (χ4n) is 2.09. The van der Waals surface area contributed by atoms with Crippen LogP contribution in [0.2, 0.25) is 0 Å². The third-order valence-electron chi connectivity index (χ3n) is 3.51. The minimum Gasteiger partial charge on any atom is -0.391 e. The summed E-state index contributed by atoms with van der Waals surface area (Å²) in [5.41, 5.74) is 7.94. The topological polar surface area (TPSA) is 122 Å². The van der Waals surface area contributed by atoms with Crippen molar-refractivity contribution in [3.05, 3.63) is 35.0 Å². The summed E-state index contributed by atoms with van der Waals surface area (Å²) in [4.78, 5) is 15.9. The lowest BCUT2D eigenvalue weighted by atomic mass is 10.1. The summed E-state index contributed by atoms with van der Waals surface area (Å²) in [6.07, 6.45) is -1.17. The maximum absolute atomic E-state index is 12.3. The number of aromatic nitrogens is 1. The van der Waals surface area contributed by atoms with Gasteiger partial charge in [-0.1, -0.05) is 6.07 Å². The molecule has 0 saturated carbocycles. The number of thiophene rings is 1. The number of carbonyl (C=O) groups excluding carboxylic acids is 1. The Balaban J connectivity index is 1.92. The van der Waals surface area contributed by atoms with Crippen LogP contribution in [0, 0.1) is 0 Å². The molecule has 0 fully saturated rings. The van der Waals surface area contributed by atoms with E-state index in [-0.39, 0.29) is 4.34 Å². The summed E-state index contributed by atoms with van der Waals surface area (Å²) >= 11 is 2.53. The molecule has 0 unspecified atom stereocenters. The van der Waals surface area contributed by atoms with Crippen LogP contribution in [0.4, 0.5) is 0 Å². The van der Waals surface area contributed by atoms with Gasteiger partial charge in [0.15, 0.2) is 0 Å². The normalized spacial score (nSPS) is 14.4. The second kappa shape index (κ2) is 6.81. The first-order chi connectivity index (χ1) is 11.8. The number of fused-ring (bicyclic) bond motifs is 1. The zero-order valence-electron chi connectivity index (χ0n) is 13.0. The molecule has 0 aliphatic heterocycles. The number of thiazole rings is 1. The van der Waals surface area contributed by atoms with Crippen LogP contribution >= 0.6 is 22.7 Å². The number of hydrogen-bond donors (Lipinski definition) is 3. The molecule has 2 atom stereocenters. The van der Waals surface area contributed by atoms with Crippen molar-refractivity contribution < 1.29 is 18.3 Å². The van der Waals surface area contributed by atoms with E-state index in [1.165, 1.54) is 6.92 Å². The Hall–Kier alpha value is -1.85. The van der Waals surface area contributed by atoms with Gasteiger partial charge in [0.2, 0.25) is 4.34 Å². The van der Waals surface area contributed by atoms with Gasteiger partial charge in [-0.3, -0.25) is 4.79 Å². The first-order valence-electron chi connectivity index (χ1n) is 7.21. The Labute approximate surface area is 152 Å². The number of rotatable bonds is 5. The van der Waals surface area contributed by atoms with E-state index in [0.717, 1.165) is 22.5 Å². The Morgan fingerprint density at radius 2 is 2.08 bits per heavy atom. The number of nitrogens with one attached hydrogen (secondary N) is 1. The maximum Gasteiger partial charge on any atom is 0.291 e. The van der Waals surface area contributed by atoms with Crippen molar-refractivity contribution in [2.45, 2.75) is 23.4 Å². The van der Waals surface area contributed by atoms with Crippen molar-refractivity contribution >= 4 is 48.8 Å². The second-order valence-corrected chi connectivity index (χ2v) is 9.08. The van der Waals surface area contributed by atoms with E-state index in [1.54, 1.807) is 23.5 Å². The highest BCUT2D eigenvalue weighted by Crippen LogP contribution is 2.30. The van der Waals surface area contributed by atoms with Gasteiger partial charge in [-0.2, -0.15) is 19.8 Å². The minimum atomic E-state index is -4.15.